The summed E-state index contributed by atoms with van der Waals surface area (Å²) in [6, 6.07) is 7.92. The third-order valence-electron chi connectivity index (χ3n) is 6.22. The van der Waals surface area contributed by atoms with Gasteiger partial charge < -0.3 is 30.4 Å². The highest BCUT2D eigenvalue weighted by Crippen LogP contribution is 2.30. The number of carbonyl (C=O) groups is 5. The Hall–Kier alpha value is -4.33. The van der Waals surface area contributed by atoms with E-state index < -0.39 is 67.2 Å². The predicted octanol–water partition coefficient (Wildman–Crippen LogP) is 0.299. The van der Waals surface area contributed by atoms with Crippen LogP contribution in [-0.4, -0.2) is 76.5 Å². The fraction of sp³-hybridized carbons (Fsp3) is 0.423. The van der Waals surface area contributed by atoms with E-state index in [1.807, 2.05) is 19.9 Å². The molecule has 1 aliphatic rings. The molecule has 13 nitrogen and oxygen atoms in total. The summed E-state index contributed by atoms with van der Waals surface area (Å²) >= 11 is 0. The van der Waals surface area contributed by atoms with Crippen molar-refractivity contribution < 1.29 is 38.4 Å². The smallest absolute Gasteiger partial charge is 0.508 e. The number of aliphatic carboxylic acids is 1. The largest absolute Gasteiger partial charge is 0.552 e. The molecule has 1 aliphatic heterocycles. The average molecular weight is 553 g/mol. The SMILES string of the molecule is CNC(=O)C[C@]1(C(=O)O)CC(=O)OB([C@H](CC(C)C)NC(=O)[C@H](Cc2ccccc2)NC(=O)c2cnccn2)O1. The first-order chi connectivity index (χ1) is 19.0. The van der Waals surface area contributed by atoms with Gasteiger partial charge in [-0.25, -0.2) is 9.78 Å². The number of benzene rings is 1. The van der Waals surface area contributed by atoms with Crippen molar-refractivity contribution in [1.82, 2.24) is 25.9 Å². The molecule has 3 atom stereocenters. The van der Waals surface area contributed by atoms with E-state index >= 15 is 0 Å². The van der Waals surface area contributed by atoms with Gasteiger partial charge in [0.1, 0.15) is 11.7 Å². The highest BCUT2D eigenvalue weighted by atomic mass is 16.6. The molecule has 1 aromatic heterocycles. The zero-order valence-corrected chi connectivity index (χ0v) is 22.5. The molecule has 1 saturated heterocycles. The van der Waals surface area contributed by atoms with E-state index in [1.165, 1.54) is 25.6 Å². The fourth-order valence-electron chi connectivity index (χ4n) is 4.25. The minimum Gasteiger partial charge on any atom is -0.508 e. The van der Waals surface area contributed by atoms with Crippen LogP contribution in [0.1, 0.15) is 49.2 Å². The molecule has 1 fully saturated rings. The van der Waals surface area contributed by atoms with Crippen molar-refractivity contribution in [3.63, 3.8) is 0 Å². The van der Waals surface area contributed by atoms with Gasteiger partial charge in [-0.2, -0.15) is 0 Å². The van der Waals surface area contributed by atoms with E-state index in [0.717, 1.165) is 5.56 Å². The van der Waals surface area contributed by atoms with Crippen molar-refractivity contribution in [2.45, 2.75) is 57.1 Å². The zero-order valence-electron chi connectivity index (χ0n) is 22.5. The van der Waals surface area contributed by atoms with Crippen LogP contribution in [0, 0.1) is 5.92 Å². The number of nitrogens with zero attached hydrogens (tertiary/aromatic N) is 2. The summed E-state index contributed by atoms with van der Waals surface area (Å²) in [5.41, 5.74) is -1.40. The molecule has 4 N–H and O–H groups in total. The number of nitrogens with one attached hydrogen (secondary N) is 3. The third kappa shape index (κ3) is 8.09. The van der Waals surface area contributed by atoms with Crippen LogP contribution < -0.4 is 16.0 Å². The predicted molar refractivity (Wildman–Crippen MR) is 141 cm³/mol. The Kier molecular flexibility index (Phi) is 10.3. The highest BCUT2D eigenvalue weighted by Gasteiger charge is 2.54. The van der Waals surface area contributed by atoms with E-state index in [-0.39, 0.29) is 24.5 Å². The van der Waals surface area contributed by atoms with Gasteiger partial charge in [0.2, 0.25) is 11.8 Å². The molecule has 3 rings (SSSR count). The number of rotatable bonds is 12. The summed E-state index contributed by atoms with van der Waals surface area (Å²) in [6.45, 7) is 3.71. The average Bonchev–Trinajstić information content (AvgIpc) is 2.92. The van der Waals surface area contributed by atoms with E-state index in [9.17, 15) is 29.1 Å². The normalized spacial score (nSPS) is 18.3. The van der Waals surface area contributed by atoms with Crippen molar-refractivity contribution in [3.05, 3.63) is 60.2 Å². The zero-order chi connectivity index (χ0) is 29.3. The molecule has 2 heterocycles. The Labute approximate surface area is 231 Å². The summed E-state index contributed by atoms with van der Waals surface area (Å²) < 4.78 is 11.1. The third-order valence-corrected chi connectivity index (χ3v) is 6.22. The summed E-state index contributed by atoms with van der Waals surface area (Å²) in [5.74, 6) is -5.33. The Balaban J connectivity index is 1.88. The van der Waals surface area contributed by atoms with Crippen molar-refractivity contribution in [2.75, 3.05) is 7.05 Å². The molecule has 0 saturated carbocycles. The Morgan fingerprint density at radius 1 is 1.12 bits per heavy atom. The molecule has 1 aromatic carbocycles. The van der Waals surface area contributed by atoms with Gasteiger partial charge in [-0.1, -0.05) is 44.2 Å². The molecule has 212 valence electrons. The Morgan fingerprint density at radius 3 is 2.45 bits per heavy atom. The van der Waals surface area contributed by atoms with Gasteiger partial charge in [0.05, 0.1) is 25.0 Å². The fourth-order valence-corrected chi connectivity index (χ4v) is 4.25. The first kappa shape index (κ1) is 30.2. The van der Waals surface area contributed by atoms with Gasteiger partial charge in [0.15, 0.2) is 5.60 Å². The quantitative estimate of drug-likeness (QED) is 0.266. The van der Waals surface area contributed by atoms with Crippen LogP contribution in [0.5, 0.6) is 0 Å². The van der Waals surface area contributed by atoms with Crippen LogP contribution in [0.2, 0.25) is 0 Å². The van der Waals surface area contributed by atoms with Crippen LogP contribution in [0.15, 0.2) is 48.9 Å². The molecule has 0 bridgehead atoms. The Bertz CT molecular complexity index is 1220. The van der Waals surface area contributed by atoms with Crippen molar-refractivity contribution in [1.29, 1.82) is 0 Å². The summed E-state index contributed by atoms with van der Waals surface area (Å²) in [6.07, 6.45) is 3.07. The van der Waals surface area contributed by atoms with E-state index in [2.05, 4.69) is 25.9 Å². The second-order valence-corrected chi connectivity index (χ2v) is 9.85. The van der Waals surface area contributed by atoms with Crippen LogP contribution in [0.3, 0.4) is 0 Å². The van der Waals surface area contributed by atoms with Gasteiger partial charge in [-0.15, -0.1) is 0 Å². The lowest BCUT2D eigenvalue weighted by Gasteiger charge is -2.38. The van der Waals surface area contributed by atoms with Crippen molar-refractivity contribution in [3.8, 4) is 0 Å². The number of carboxylic acids is 1. The monoisotopic (exact) mass is 553 g/mol. The molecule has 0 radical (unpaired) electrons. The lowest BCUT2D eigenvalue weighted by atomic mass is 9.70. The Morgan fingerprint density at radius 2 is 1.85 bits per heavy atom. The van der Waals surface area contributed by atoms with Crippen LogP contribution in [0.25, 0.3) is 0 Å². The number of hydrogen-bond donors (Lipinski definition) is 4. The first-order valence-electron chi connectivity index (χ1n) is 12.8. The van der Waals surface area contributed by atoms with Crippen LogP contribution >= 0.6 is 0 Å². The summed E-state index contributed by atoms with van der Waals surface area (Å²) in [5, 5.41) is 17.7. The molecular weight excluding hydrogens is 521 g/mol. The van der Waals surface area contributed by atoms with Gasteiger partial charge in [-0.05, 0) is 17.9 Å². The molecular formula is C26H32BN5O8. The van der Waals surface area contributed by atoms with Gasteiger partial charge in [0, 0.05) is 25.9 Å². The van der Waals surface area contributed by atoms with Gasteiger partial charge >= 0.3 is 13.1 Å². The van der Waals surface area contributed by atoms with Crippen molar-refractivity contribution in [2.24, 2.45) is 5.92 Å². The lowest BCUT2D eigenvalue weighted by Crippen LogP contribution is -2.63. The standard InChI is InChI=1S/C26H32BN5O8/c1-16(2)11-20(27-39-22(34)14-26(40-27,25(37)38)13-21(33)28-3)32-23(35)18(12-17-7-5-4-6-8-17)31-24(36)19-15-29-9-10-30-19/h4-10,15-16,18,20H,11-14H2,1-3H3,(H,28,33)(H,31,36)(H,32,35)(H,37,38)/t18-,20-,26+/m0/s1. The van der Waals surface area contributed by atoms with E-state index in [0.29, 0.717) is 0 Å². The van der Waals surface area contributed by atoms with Gasteiger partial charge in [0.25, 0.3) is 11.9 Å². The number of amides is 3. The van der Waals surface area contributed by atoms with Gasteiger partial charge in [-0.3, -0.25) is 24.2 Å². The number of carbonyl (C=O) groups excluding carboxylic acids is 4. The maximum Gasteiger partial charge on any atom is 0.552 e. The summed E-state index contributed by atoms with van der Waals surface area (Å²) in [7, 11) is -0.165. The first-order valence-corrected chi connectivity index (χ1v) is 12.8. The molecule has 0 aliphatic carbocycles. The second-order valence-electron chi connectivity index (χ2n) is 9.85. The topological polar surface area (TPSA) is 186 Å². The van der Waals surface area contributed by atoms with Crippen LogP contribution in [0.4, 0.5) is 0 Å². The number of hydrogen-bond acceptors (Lipinski definition) is 9. The maximum atomic E-state index is 13.6. The van der Waals surface area contributed by atoms with E-state index in [4.69, 9.17) is 9.31 Å². The lowest BCUT2D eigenvalue weighted by molar-refractivity contribution is -0.172. The van der Waals surface area contributed by atoms with Crippen LogP contribution in [-0.2, 0) is 34.9 Å². The summed E-state index contributed by atoms with van der Waals surface area (Å²) in [4.78, 5) is 71.1. The molecule has 2 aromatic rings. The van der Waals surface area contributed by atoms with E-state index in [1.54, 1.807) is 24.3 Å². The van der Waals surface area contributed by atoms with Crippen molar-refractivity contribution >= 4 is 36.8 Å². The molecule has 0 spiro atoms. The molecule has 0 unspecified atom stereocenters. The highest BCUT2D eigenvalue weighted by molar-refractivity contribution is 6.50. The minimum absolute atomic E-state index is 0.0112. The number of carboxylic acid groups (broad SMARTS) is 1. The molecule has 3 amide bonds. The molecule has 14 heteroatoms. The molecule has 40 heavy (non-hydrogen) atoms. The number of aromatic nitrogens is 2. The maximum absolute atomic E-state index is 13.6. The second kappa shape index (κ2) is 13.6. The minimum atomic E-state index is -2.18.